The summed E-state index contributed by atoms with van der Waals surface area (Å²) in [5, 5.41) is 1.11. The molecule has 0 aliphatic heterocycles. The SMILES string of the molecule is c1ccc(-c2ccc(N(c3ccccc3)c3cccc(-c4cc5ccccc5o4)c3)cc2)cc1. The standard InChI is InChI=1S/C32H23NO/c1-3-10-24(11-4-1)25-18-20-29(21-19-25)33(28-14-5-2-6-15-28)30-16-9-13-26(22-30)32-23-27-12-7-8-17-31(27)34-32/h1-23H. The van der Waals surface area contributed by atoms with Crippen LogP contribution >= 0.6 is 0 Å². The second-order valence-corrected chi connectivity index (χ2v) is 8.28. The summed E-state index contributed by atoms with van der Waals surface area (Å²) in [7, 11) is 0. The van der Waals surface area contributed by atoms with Gasteiger partial charge >= 0.3 is 0 Å². The Morgan fingerprint density at radius 2 is 1.00 bits per heavy atom. The van der Waals surface area contributed by atoms with Crippen LogP contribution in [0.4, 0.5) is 17.1 Å². The van der Waals surface area contributed by atoms with E-state index in [-0.39, 0.29) is 0 Å². The minimum atomic E-state index is 0.871. The van der Waals surface area contributed by atoms with Crippen LogP contribution in [0.5, 0.6) is 0 Å². The van der Waals surface area contributed by atoms with Crippen molar-refractivity contribution in [3.05, 3.63) is 140 Å². The van der Waals surface area contributed by atoms with Crippen LogP contribution in [0, 0.1) is 0 Å². The van der Waals surface area contributed by atoms with E-state index in [1.165, 1.54) is 11.1 Å². The number of benzene rings is 5. The van der Waals surface area contributed by atoms with Crippen molar-refractivity contribution in [2.75, 3.05) is 4.90 Å². The number of fused-ring (bicyclic) bond motifs is 1. The van der Waals surface area contributed by atoms with E-state index in [0.717, 1.165) is 39.4 Å². The zero-order chi connectivity index (χ0) is 22.7. The third-order valence-corrected chi connectivity index (χ3v) is 6.06. The summed E-state index contributed by atoms with van der Waals surface area (Å²) < 4.78 is 6.15. The van der Waals surface area contributed by atoms with Gasteiger partial charge in [-0.3, -0.25) is 0 Å². The van der Waals surface area contributed by atoms with Gasteiger partial charge < -0.3 is 9.32 Å². The lowest BCUT2D eigenvalue weighted by Crippen LogP contribution is -2.09. The van der Waals surface area contributed by atoms with E-state index in [0.29, 0.717) is 0 Å². The zero-order valence-corrected chi connectivity index (χ0v) is 18.6. The van der Waals surface area contributed by atoms with Crippen LogP contribution in [-0.2, 0) is 0 Å². The van der Waals surface area contributed by atoms with Crippen molar-refractivity contribution < 1.29 is 4.42 Å². The van der Waals surface area contributed by atoms with Gasteiger partial charge in [0.1, 0.15) is 11.3 Å². The summed E-state index contributed by atoms with van der Waals surface area (Å²) in [5.74, 6) is 0.871. The maximum atomic E-state index is 6.15. The molecule has 162 valence electrons. The number of rotatable bonds is 5. The molecule has 0 N–H and O–H groups in total. The minimum Gasteiger partial charge on any atom is -0.456 e. The van der Waals surface area contributed by atoms with Gasteiger partial charge in [-0.15, -0.1) is 0 Å². The summed E-state index contributed by atoms with van der Waals surface area (Å²) in [4.78, 5) is 2.28. The van der Waals surface area contributed by atoms with Gasteiger partial charge in [0.15, 0.2) is 0 Å². The quantitative estimate of drug-likeness (QED) is 0.267. The monoisotopic (exact) mass is 437 g/mol. The van der Waals surface area contributed by atoms with E-state index >= 15 is 0 Å². The molecule has 0 saturated heterocycles. The Bertz CT molecular complexity index is 1500. The third-order valence-electron chi connectivity index (χ3n) is 6.06. The second-order valence-electron chi connectivity index (χ2n) is 8.28. The van der Waals surface area contributed by atoms with Crippen LogP contribution in [0.25, 0.3) is 33.4 Å². The molecule has 6 rings (SSSR count). The average molecular weight is 438 g/mol. The van der Waals surface area contributed by atoms with Crippen LogP contribution in [0.1, 0.15) is 0 Å². The van der Waals surface area contributed by atoms with E-state index < -0.39 is 0 Å². The molecule has 1 heterocycles. The summed E-state index contributed by atoms with van der Waals surface area (Å²) in [6.07, 6.45) is 0. The Morgan fingerprint density at radius 1 is 0.412 bits per heavy atom. The first-order valence-corrected chi connectivity index (χ1v) is 11.4. The van der Waals surface area contributed by atoms with Gasteiger partial charge in [0.2, 0.25) is 0 Å². The fraction of sp³-hybridized carbons (Fsp3) is 0. The van der Waals surface area contributed by atoms with Gasteiger partial charge in [0.05, 0.1) is 0 Å². The Balaban J connectivity index is 1.43. The smallest absolute Gasteiger partial charge is 0.135 e. The molecule has 0 aliphatic rings. The van der Waals surface area contributed by atoms with Crippen LogP contribution in [0.3, 0.4) is 0 Å². The first-order valence-electron chi connectivity index (χ1n) is 11.4. The second kappa shape index (κ2) is 8.76. The van der Waals surface area contributed by atoms with Gasteiger partial charge in [-0.05, 0) is 59.7 Å². The number of hydrogen-bond acceptors (Lipinski definition) is 2. The molecule has 2 nitrogen and oxygen atoms in total. The lowest BCUT2D eigenvalue weighted by molar-refractivity contribution is 0.631. The number of hydrogen-bond donors (Lipinski definition) is 0. The highest BCUT2D eigenvalue weighted by Gasteiger charge is 2.14. The first kappa shape index (κ1) is 20.1. The number of nitrogens with zero attached hydrogens (tertiary/aromatic N) is 1. The Labute approximate surface area is 199 Å². The summed E-state index contributed by atoms with van der Waals surface area (Å²) in [6, 6.07) is 48.4. The highest BCUT2D eigenvalue weighted by molar-refractivity contribution is 5.85. The molecule has 0 aliphatic carbocycles. The molecule has 1 aromatic heterocycles. The van der Waals surface area contributed by atoms with Crippen molar-refractivity contribution in [1.82, 2.24) is 0 Å². The van der Waals surface area contributed by atoms with Gasteiger partial charge in [0, 0.05) is 28.0 Å². The summed E-state index contributed by atoms with van der Waals surface area (Å²) in [5.41, 5.74) is 7.66. The Morgan fingerprint density at radius 3 is 1.76 bits per heavy atom. The predicted molar refractivity (Wildman–Crippen MR) is 142 cm³/mol. The van der Waals surface area contributed by atoms with Crippen molar-refractivity contribution in [1.29, 1.82) is 0 Å². The number of para-hydroxylation sites is 2. The van der Waals surface area contributed by atoms with Crippen molar-refractivity contribution in [3.8, 4) is 22.5 Å². The molecule has 5 aromatic carbocycles. The molecular formula is C32H23NO. The van der Waals surface area contributed by atoms with Crippen LogP contribution < -0.4 is 4.90 Å². The molecule has 0 spiro atoms. The van der Waals surface area contributed by atoms with E-state index in [9.17, 15) is 0 Å². The van der Waals surface area contributed by atoms with Gasteiger partial charge in [-0.1, -0.05) is 91.0 Å². The predicted octanol–water partition coefficient (Wildman–Crippen LogP) is 9.24. The molecule has 0 saturated carbocycles. The summed E-state index contributed by atoms with van der Waals surface area (Å²) in [6.45, 7) is 0. The van der Waals surface area contributed by atoms with Gasteiger partial charge in [-0.25, -0.2) is 0 Å². The van der Waals surface area contributed by atoms with Crippen LogP contribution in [0.2, 0.25) is 0 Å². The number of furan rings is 1. The molecule has 34 heavy (non-hydrogen) atoms. The van der Waals surface area contributed by atoms with Gasteiger partial charge in [-0.2, -0.15) is 0 Å². The normalized spacial score (nSPS) is 10.9. The number of anilines is 3. The topological polar surface area (TPSA) is 16.4 Å². The van der Waals surface area contributed by atoms with Crippen molar-refractivity contribution in [2.24, 2.45) is 0 Å². The molecule has 6 aromatic rings. The first-order chi connectivity index (χ1) is 16.8. The summed E-state index contributed by atoms with van der Waals surface area (Å²) >= 11 is 0. The van der Waals surface area contributed by atoms with Crippen LogP contribution in [0.15, 0.2) is 144 Å². The minimum absolute atomic E-state index is 0.871. The average Bonchev–Trinajstić information content (AvgIpc) is 3.35. The van der Waals surface area contributed by atoms with Crippen molar-refractivity contribution >= 4 is 28.0 Å². The molecule has 0 bridgehead atoms. The fourth-order valence-corrected chi connectivity index (χ4v) is 4.38. The third kappa shape index (κ3) is 3.87. The van der Waals surface area contributed by atoms with Crippen molar-refractivity contribution in [3.63, 3.8) is 0 Å². The molecule has 0 unspecified atom stereocenters. The van der Waals surface area contributed by atoms with E-state index in [2.05, 4.69) is 114 Å². The Kier molecular flexibility index (Phi) is 5.17. The van der Waals surface area contributed by atoms with Crippen molar-refractivity contribution in [2.45, 2.75) is 0 Å². The molecule has 0 fully saturated rings. The molecule has 0 atom stereocenters. The molecule has 0 radical (unpaired) electrons. The molecule has 0 amide bonds. The van der Waals surface area contributed by atoms with E-state index in [1.54, 1.807) is 0 Å². The van der Waals surface area contributed by atoms with Crippen LogP contribution in [-0.4, -0.2) is 0 Å². The highest BCUT2D eigenvalue weighted by Crippen LogP contribution is 2.38. The Hall–Kier alpha value is -4.56. The van der Waals surface area contributed by atoms with E-state index in [1.807, 2.05) is 30.3 Å². The lowest BCUT2D eigenvalue weighted by Gasteiger charge is -2.26. The molecular weight excluding hydrogens is 414 g/mol. The van der Waals surface area contributed by atoms with E-state index in [4.69, 9.17) is 4.42 Å². The maximum Gasteiger partial charge on any atom is 0.135 e. The highest BCUT2D eigenvalue weighted by atomic mass is 16.3. The maximum absolute atomic E-state index is 6.15. The lowest BCUT2D eigenvalue weighted by atomic mass is 10.0. The molecule has 2 heteroatoms. The largest absolute Gasteiger partial charge is 0.456 e. The fourth-order valence-electron chi connectivity index (χ4n) is 4.38. The zero-order valence-electron chi connectivity index (χ0n) is 18.6. The van der Waals surface area contributed by atoms with Gasteiger partial charge in [0.25, 0.3) is 0 Å².